The molecule has 1 fully saturated rings. The third kappa shape index (κ3) is 3.28. The third-order valence-electron chi connectivity index (χ3n) is 3.26. The van der Waals surface area contributed by atoms with Crippen LogP contribution in [0.5, 0.6) is 5.75 Å². The zero-order chi connectivity index (χ0) is 13.7. The van der Waals surface area contributed by atoms with E-state index in [4.69, 9.17) is 4.74 Å². The van der Waals surface area contributed by atoms with Gasteiger partial charge in [0.1, 0.15) is 6.33 Å². The van der Waals surface area contributed by atoms with Crippen LogP contribution in [0.4, 0.5) is 11.6 Å². The molecular formula is C14H24N4O. The van der Waals surface area contributed by atoms with Crippen LogP contribution in [0, 0.1) is 0 Å². The molecule has 1 aromatic rings. The van der Waals surface area contributed by atoms with Gasteiger partial charge in [-0.3, -0.25) is 0 Å². The van der Waals surface area contributed by atoms with E-state index in [9.17, 15) is 0 Å². The van der Waals surface area contributed by atoms with Gasteiger partial charge in [-0.25, -0.2) is 9.97 Å². The minimum atomic E-state index is 0.628. The van der Waals surface area contributed by atoms with Crippen molar-refractivity contribution in [3.8, 4) is 5.75 Å². The van der Waals surface area contributed by atoms with Gasteiger partial charge in [0.15, 0.2) is 11.6 Å². The number of nitrogens with one attached hydrogen (secondary N) is 1. The Labute approximate surface area is 115 Å². The van der Waals surface area contributed by atoms with Crippen LogP contribution in [0.2, 0.25) is 0 Å². The van der Waals surface area contributed by atoms with E-state index in [1.54, 1.807) is 13.4 Å². The number of hydrogen-bond acceptors (Lipinski definition) is 5. The molecule has 0 saturated heterocycles. The Morgan fingerprint density at radius 1 is 1.32 bits per heavy atom. The average Bonchev–Trinajstić information content (AvgIpc) is 3.26. The lowest BCUT2D eigenvalue weighted by atomic mass is 10.3. The highest BCUT2D eigenvalue weighted by atomic mass is 16.5. The van der Waals surface area contributed by atoms with Crippen molar-refractivity contribution in [3.05, 3.63) is 6.33 Å². The summed E-state index contributed by atoms with van der Waals surface area (Å²) in [5.74, 6) is 2.51. The smallest absolute Gasteiger partial charge is 0.204 e. The number of anilines is 2. The average molecular weight is 264 g/mol. The molecule has 1 N–H and O–H groups in total. The molecule has 2 rings (SSSR count). The molecule has 1 saturated carbocycles. The van der Waals surface area contributed by atoms with Gasteiger partial charge < -0.3 is 15.0 Å². The Morgan fingerprint density at radius 2 is 2.11 bits per heavy atom. The van der Waals surface area contributed by atoms with E-state index in [2.05, 4.69) is 34.0 Å². The molecule has 5 nitrogen and oxygen atoms in total. The van der Waals surface area contributed by atoms with Crippen molar-refractivity contribution in [1.29, 1.82) is 0 Å². The fourth-order valence-electron chi connectivity index (χ4n) is 2.21. The van der Waals surface area contributed by atoms with Crippen molar-refractivity contribution in [2.24, 2.45) is 0 Å². The standard InChI is InChI=1S/C14H24N4O/c1-4-8-15-13-12(19-3)14(17-10-16-13)18(9-5-2)11-6-7-11/h10-11H,4-9H2,1-3H3,(H,15,16,17). The van der Waals surface area contributed by atoms with Crippen molar-refractivity contribution in [2.75, 3.05) is 30.4 Å². The number of hydrogen-bond donors (Lipinski definition) is 1. The number of aromatic nitrogens is 2. The predicted molar refractivity (Wildman–Crippen MR) is 78.0 cm³/mol. The van der Waals surface area contributed by atoms with Gasteiger partial charge in [-0.05, 0) is 25.7 Å². The highest BCUT2D eigenvalue weighted by Gasteiger charge is 2.32. The number of ether oxygens (including phenoxy) is 1. The number of rotatable bonds is 8. The van der Waals surface area contributed by atoms with Gasteiger partial charge in [0.25, 0.3) is 0 Å². The summed E-state index contributed by atoms with van der Waals surface area (Å²) in [7, 11) is 1.69. The van der Waals surface area contributed by atoms with Crippen molar-refractivity contribution in [2.45, 2.75) is 45.6 Å². The molecule has 0 atom stereocenters. The molecular weight excluding hydrogens is 240 g/mol. The van der Waals surface area contributed by atoms with Crippen LogP contribution in [0.25, 0.3) is 0 Å². The van der Waals surface area contributed by atoms with Gasteiger partial charge in [-0.2, -0.15) is 0 Å². The van der Waals surface area contributed by atoms with Gasteiger partial charge >= 0.3 is 0 Å². The molecule has 0 aromatic carbocycles. The maximum atomic E-state index is 5.55. The topological polar surface area (TPSA) is 50.3 Å². The largest absolute Gasteiger partial charge is 0.490 e. The van der Waals surface area contributed by atoms with Crippen LogP contribution < -0.4 is 15.0 Å². The Morgan fingerprint density at radius 3 is 2.68 bits per heavy atom. The number of nitrogens with zero attached hydrogens (tertiary/aromatic N) is 3. The first kappa shape index (κ1) is 13.9. The lowest BCUT2D eigenvalue weighted by Gasteiger charge is -2.25. The number of methoxy groups -OCH3 is 1. The minimum absolute atomic E-state index is 0.628. The predicted octanol–water partition coefficient (Wildman–Crippen LogP) is 2.69. The summed E-state index contributed by atoms with van der Waals surface area (Å²) >= 11 is 0. The normalized spacial score (nSPS) is 14.3. The minimum Gasteiger partial charge on any atom is -0.490 e. The molecule has 0 radical (unpaired) electrons. The molecule has 0 spiro atoms. The van der Waals surface area contributed by atoms with Crippen molar-refractivity contribution < 1.29 is 4.74 Å². The fourth-order valence-corrected chi connectivity index (χ4v) is 2.21. The summed E-state index contributed by atoms with van der Waals surface area (Å²) < 4.78 is 5.55. The van der Waals surface area contributed by atoms with E-state index < -0.39 is 0 Å². The summed E-state index contributed by atoms with van der Waals surface area (Å²) in [6, 6.07) is 0.628. The molecule has 0 unspecified atom stereocenters. The highest BCUT2D eigenvalue weighted by Crippen LogP contribution is 2.38. The molecule has 0 amide bonds. The van der Waals surface area contributed by atoms with Crippen LogP contribution in [-0.4, -0.2) is 36.2 Å². The second-order valence-corrected chi connectivity index (χ2v) is 4.93. The molecule has 1 aromatic heterocycles. The van der Waals surface area contributed by atoms with E-state index in [1.807, 2.05) is 0 Å². The monoisotopic (exact) mass is 264 g/mol. The molecule has 19 heavy (non-hydrogen) atoms. The zero-order valence-electron chi connectivity index (χ0n) is 12.1. The second kappa shape index (κ2) is 6.59. The molecule has 5 heteroatoms. The second-order valence-electron chi connectivity index (χ2n) is 4.93. The van der Waals surface area contributed by atoms with Gasteiger partial charge in [0, 0.05) is 19.1 Å². The molecule has 1 aliphatic carbocycles. The van der Waals surface area contributed by atoms with E-state index >= 15 is 0 Å². The summed E-state index contributed by atoms with van der Waals surface area (Å²) in [5, 5.41) is 3.31. The van der Waals surface area contributed by atoms with Gasteiger partial charge in [0.05, 0.1) is 7.11 Å². The van der Waals surface area contributed by atoms with Crippen molar-refractivity contribution in [1.82, 2.24) is 9.97 Å². The first-order valence-corrected chi connectivity index (χ1v) is 7.21. The molecule has 106 valence electrons. The third-order valence-corrected chi connectivity index (χ3v) is 3.26. The SMILES string of the molecule is CCCNc1ncnc(N(CCC)C2CC2)c1OC. The first-order chi connectivity index (χ1) is 9.31. The quantitative estimate of drug-likeness (QED) is 0.782. The lowest BCUT2D eigenvalue weighted by Crippen LogP contribution is -2.28. The van der Waals surface area contributed by atoms with Crippen LogP contribution in [0.3, 0.4) is 0 Å². The van der Waals surface area contributed by atoms with Gasteiger partial charge in [0.2, 0.25) is 5.75 Å². The Kier molecular flexibility index (Phi) is 4.82. The molecule has 1 heterocycles. The van der Waals surface area contributed by atoms with E-state index in [0.29, 0.717) is 6.04 Å². The van der Waals surface area contributed by atoms with E-state index in [1.165, 1.54) is 12.8 Å². The maximum Gasteiger partial charge on any atom is 0.204 e. The van der Waals surface area contributed by atoms with Crippen LogP contribution in [0.15, 0.2) is 6.33 Å². The highest BCUT2D eigenvalue weighted by molar-refractivity contribution is 5.65. The van der Waals surface area contributed by atoms with Gasteiger partial charge in [-0.15, -0.1) is 0 Å². The van der Waals surface area contributed by atoms with Crippen LogP contribution in [0.1, 0.15) is 39.5 Å². The molecule has 1 aliphatic rings. The fraction of sp³-hybridized carbons (Fsp3) is 0.714. The van der Waals surface area contributed by atoms with Crippen molar-refractivity contribution in [3.63, 3.8) is 0 Å². The first-order valence-electron chi connectivity index (χ1n) is 7.21. The molecule has 0 aliphatic heterocycles. The Hall–Kier alpha value is -1.52. The van der Waals surface area contributed by atoms with Crippen molar-refractivity contribution >= 4 is 11.6 Å². The summed E-state index contributed by atoms with van der Waals surface area (Å²) in [4.78, 5) is 11.1. The van der Waals surface area contributed by atoms with E-state index in [0.717, 1.165) is 43.3 Å². The summed E-state index contributed by atoms with van der Waals surface area (Å²) in [6.07, 6.45) is 6.31. The van der Waals surface area contributed by atoms with E-state index in [-0.39, 0.29) is 0 Å². The zero-order valence-corrected chi connectivity index (χ0v) is 12.1. The van der Waals surface area contributed by atoms with Gasteiger partial charge in [-0.1, -0.05) is 13.8 Å². The summed E-state index contributed by atoms with van der Waals surface area (Å²) in [6.45, 7) is 6.24. The summed E-state index contributed by atoms with van der Waals surface area (Å²) in [5.41, 5.74) is 0. The molecule has 0 bridgehead atoms. The van der Waals surface area contributed by atoms with Crippen LogP contribution >= 0.6 is 0 Å². The maximum absolute atomic E-state index is 5.55. The Bertz CT molecular complexity index is 406. The lowest BCUT2D eigenvalue weighted by molar-refractivity contribution is 0.411. The Balaban J connectivity index is 2.26. The van der Waals surface area contributed by atoms with Crippen LogP contribution in [-0.2, 0) is 0 Å².